The molecule has 3 aromatic rings. The van der Waals surface area contributed by atoms with Crippen LogP contribution < -0.4 is 10.1 Å². The fourth-order valence-corrected chi connectivity index (χ4v) is 4.05. The van der Waals surface area contributed by atoms with E-state index in [0.717, 1.165) is 29.2 Å². The summed E-state index contributed by atoms with van der Waals surface area (Å²) in [5, 5.41) is 3.45. The summed E-state index contributed by atoms with van der Waals surface area (Å²) in [6.07, 6.45) is 12.1. The number of imidazole rings is 1. The Balaban J connectivity index is 1.50. The molecule has 4 rings (SSSR count). The second-order valence-electron chi connectivity index (χ2n) is 7.05. The Hall–Kier alpha value is -2.74. The fraction of sp³-hybridized carbons (Fsp3) is 0.400. The topological polar surface area (TPSA) is 81.9 Å². The third-order valence-corrected chi connectivity index (χ3v) is 5.45. The summed E-state index contributed by atoms with van der Waals surface area (Å²) in [4.78, 5) is 26.4. The van der Waals surface area contributed by atoms with Crippen molar-refractivity contribution >= 4 is 22.4 Å². The minimum atomic E-state index is -0.131. The van der Waals surface area contributed by atoms with E-state index in [-0.39, 0.29) is 18.4 Å². The number of rotatable bonds is 7. The maximum absolute atomic E-state index is 12.4. The number of anilines is 1. The van der Waals surface area contributed by atoms with E-state index in [9.17, 15) is 4.79 Å². The molecule has 0 spiro atoms. The van der Waals surface area contributed by atoms with Crippen LogP contribution in [0.1, 0.15) is 41.9 Å². The Morgan fingerprint density at radius 1 is 1.32 bits per heavy atom. The van der Waals surface area contributed by atoms with E-state index >= 15 is 0 Å². The van der Waals surface area contributed by atoms with Crippen LogP contribution in [0.4, 0.5) is 5.13 Å². The Morgan fingerprint density at radius 3 is 2.86 bits per heavy atom. The largest absolute Gasteiger partial charge is 0.490 e. The first-order valence-electron chi connectivity index (χ1n) is 9.48. The van der Waals surface area contributed by atoms with Crippen LogP contribution in [0, 0.1) is 6.92 Å². The van der Waals surface area contributed by atoms with Crippen LogP contribution in [0.2, 0.25) is 0 Å². The highest BCUT2D eigenvalue weighted by Crippen LogP contribution is 2.25. The van der Waals surface area contributed by atoms with Crippen LogP contribution in [0.3, 0.4) is 0 Å². The number of nitrogens with zero attached hydrogens (tertiary/aromatic N) is 4. The van der Waals surface area contributed by atoms with Gasteiger partial charge in [-0.15, -0.1) is 11.3 Å². The average molecular weight is 398 g/mol. The predicted octanol–water partition coefficient (Wildman–Crippen LogP) is 3.59. The Morgan fingerprint density at radius 2 is 2.14 bits per heavy atom. The third-order valence-electron chi connectivity index (χ3n) is 4.62. The van der Waals surface area contributed by atoms with Gasteiger partial charge in [-0.25, -0.2) is 9.97 Å². The number of carbonyl (C=O) groups excluding carboxylic acids is 1. The van der Waals surface area contributed by atoms with Gasteiger partial charge in [0.1, 0.15) is 5.75 Å². The zero-order chi connectivity index (χ0) is 19.3. The molecule has 3 heterocycles. The molecule has 0 aliphatic heterocycles. The van der Waals surface area contributed by atoms with Crippen LogP contribution in [-0.2, 0) is 17.8 Å². The maximum atomic E-state index is 12.4. The Labute approximate surface area is 167 Å². The van der Waals surface area contributed by atoms with E-state index in [1.165, 1.54) is 24.2 Å². The van der Waals surface area contributed by atoms with Gasteiger partial charge < -0.3 is 14.6 Å². The smallest absolute Gasteiger partial charge is 0.232 e. The summed E-state index contributed by atoms with van der Waals surface area (Å²) < 4.78 is 8.12. The number of carbonyl (C=O) groups is 1. The van der Waals surface area contributed by atoms with Crippen molar-refractivity contribution in [3.63, 3.8) is 0 Å². The van der Waals surface area contributed by atoms with Gasteiger partial charge in [0, 0.05) is 35.6 Å². The van der Waals surface area contributed by atoms with Crippen molar-refractivity contribution in [1.82, 2.24) is 19.5 Å². The molecule has 0 saturated heterocycles. The maximum Gasteiger partial charge on any atom is 0.232 e. The van der Waals surface area contributed by atoms with Gasteiger partial charge in [0.2, 0.25) is 5.91 Å². The second kappa shape index (κ2) is 8.52. The number of aromatic nitrogens is 4. The molecule has 3 aromatic heterocycles. The van der Waals surface area contributed by atoms with Crippen molar-refractivity contribution in [1.29, 1.82) is 0 Å². The molecular formula is C20H23N5O2S. The molecule has 1 aliphatic carbocycles. The quantitative estimate of drug-likeness (QED) is 0.659. The molecule has 1 N–H and O–H groups in total. The van der Waals surface area contributed by atoms with Crippen molar-refractivity contribution in [3.8, 4) is 5.75 Å². The molecule has 1 aliphatic rings. The number of aryl methyl sites for hydroxylation is 1. The SMILES string of the molecule is Cc1cnc(NC(=O)Cc2cc(OC3CCCC3)cc(Cn3ccnc3)n2)s1. The first-order valence-corrected chi connectivity index (χ1v) is 10.3. The normalized spacial score (nSPS) is 14.3. The zero-order valence-electron chi connectivity index (χ0n) is 15.8. The van der Waals surface area contributed by atoms with E-state index in [1.807, 2.05) is 29.8 Å². The number of thiazole rings is 1. The molecule has 7 nitrogen and oxygen atoms in total. The molecule has 0 unspecified atom stereocenters. The minimum absolute atomic E-state index is 0.131. The summed E-state index contributed by atoms with van der Waals surface area (Å²) >= 11 is 1.46. The van der Waals surface area contributed by atoms with Crippen molar-refractivity contribution in [2.45, 2.75) is 51.7 Å². The van der Waals surface area contributed by atoms with E-state index < -0.39 is 0 Å². The lowest BCUT2D eigenvalue weighted by Gasteiger charge is -2.15. The molecule has 1 amide bonds. The zero-order valence-corrected chi connectivity index (χ0v) is 16.6. The second-order valence-corrected chi connectivity index (χ2v) is 8.28. The monoisotopic (exact) mass is 397 g/mol. The first kappa shape index (κ1) is 18.6. The summed E-state index contributed by atoms with van der Waals surface area (Å²) in [5.41, 5.74) is 1.54. The molecule has 0 bridgehead atoms. The summed E-state index contributed by atoms with van der Waals surface area (Å²) in [6.45, 7) is 2.54. The predicted molar refractivity (Wildman–Crippen MR) is 108 cm³/mol. The lowest BCUT2D eigenvalue weighted by atomic mass is 10.2. The highest BCUT2D eigenvalue weighted by atomic mass is 32.1. The molecule has 0 radical (unpaired) electrons. The number of hydrogen-bond acceptors (Lipinski definition) is 6. The molecular weight excluding hydrogens is 374 g/mol. The number of pyridine rings is 1. The Kier molecular flexibility index (Phi) is 5.66. The summed E-state index contributed by atoms with van der Waals surface area (Å²) in [5.74, 6) is 0.651. The Bertz CT molecular complexity index is 932. The molecule has 146 valence electrons. The van der Waals surface area contributed by atoms with Gasteiger partial charge in [-0.3, -0.25) is 9.78 Å². The van der Waals surface area contributed by atoms with Gasteiger partial charge in [-0.2, -0.15) is 0 Å². The third kappa shape index (κ3) is 4.95. The number of nitrogens with one attached hydrogen (secondary N) is 1. The van der Waals surface area contributed by atoms with Crippen LogP contribution in [0.25, 0.3) is 0 Å². The molecule has 1 fully saturated rings. The summed E-state index contributed by atoms with van der Waals surface area (Å²) in [7, 11) is 0. The number of hydrogen-bond donors (Lipinski definition) is 1. The van der Waals surface area contributed by atoms with E-state index in [0.29, 0.717) is 17.4 Å². The van der Waals surface area contributed by atoms with Crippen LogP contribution in [-0.4, -0.2) is 31.5 Å². The van der Waals surface area contributed by atoms with Gasteiger partial charge in [0.05, 0.1) is 36.8 Å². The average Bonchev–Trinajstić information content (AvgIpc) is 3.39. The van der Waals surface area contributed by atoms with Crippen molar-refractivity contribution in [3.05, 3.63) is 53.3 Å². The van der Waals surface area contributed by atoms with Crippen molar-refractivity contribution < 1.29 is 9.53 Å². The summed E-state index contributed by atoms with van der Waals surface area (Å²) in [6, 6.07) is 3.84. The van der Waals surface area contributed by atoms with E-state index in [2.05, 4.69) is 20.3 Å². The van der Waals surface area contributed by atoms with Gasteiger partial charge in [-0.05, 0) is 32.6 Å². The fourth-order valence-electron chi connectivity index (χ4n) is 3.37. The highest BCUT2D eigenvalue weighted by molar-refractivity contribution is 7.15. The van der Waals surface area contributed by atoms with Gasteiger partial charge in [0.15, 0.2) is 5.13 Å². The molecule has 1 saturated carbocycles. The lowest BCUT2D eigenvalue weighted by Crippen LogP contribution is -2.17. The van der Waals surface area contributed by atoms with Crippen LogP contribution in [0.15, 0.2) is 37.1 Å². The molecule has 8 heteroatoms. The molecule has 28 heavy (non-hydrogen) atoms. The lowest BCUT2D eigenvalue weighted by molar-refractivity contribution is -0.115. The first-order chi connectivity index (χ1) is 13.6. The highest BCUT2D eigenvalue weighted by Gasteiger charge is 2.18. The van der Waals surface area contributed by atoms with Crippen LogP contribution >= 0.6 is 11.3 Å². The van der Waals surface area contributed by atoms with Gasteiger partial charge >= 0.3 is 0 Å². The number of amides is 1. The van der Waals surface area contributed by atoms with E-state index in [4.69, 9.17) is 4.74 Å². The standard InChI is InChI=1S/C20H23N5O2S/c1-14-11-22-20(28-14)24-19(26)10-15-8-18(27-17-4-2-3-5-17)9-16(23-15)12-25-7-6-21-13-25/h6-9,11,13,17H,2-5,10,12H2,1H3,(H,22,24,26). The van der Waals surface area contributed by atoms with E-state index in [1.54, 1.807) is 18.7 Å². The molecule has 0 aromatic carbocycles. The van der Waals surface area contributed by atoms with Gasteiger partial charge in [0.25, 0.3) is 0 Å². The van der Waals surface area contributed by atoms with Crippen molar-refractivity contribution in [2.75, 3.05) is 5.32 Å². The van der Waals surface area contributed by atoms with Gasteiger partial charge in [-0.1, -0.05) is 0 Å². The molecule has 0 atom stereocenters. The minimum Gasteiger partial charge on any atom is -0.490 e. The number of ether oxygens (including phenoxy) is 1. The van der Waals surface area contributed by atoms with Crippen molar-refractivity contribution in [2.24, 2.45) is 0 Å². The van der Waals surface area contributed by atoms with Crippen LogP contribution in [0.5, 0.6) is 5.75 Å².